The van der Waals surface area contributed by atoms with E-state index >= 15 is 0 Å². The summed E-state index contributed by atoms with van der Waals surface area (Å²) in [7, 11) is 0. The molecule has 17 heavy (non-hydrogen) atoms. The van der Waals surface area contributed by atoms with Crippen molar-refractivity contribution in [2.75, 3.05) is 19.7 Å². The van der Waals surface area contributed by atoms with E-state index in [-0.39, 0.29) is 0 Å². The third-order valence-electron chi connectivity index (χ3n) is 3.09. The third-order valence-corrected chi connectivity index (χ3v) is 3.09. The van der Waals surface area contributed by atoms with E-state index in [1.165, 1.54) is 6.33 Å². The fourth-order valence-corrected chi connectivity index (χ4v) is 2.02. The minimum atomic E-state index is 0.634. The first-order chi connectivity index (χ1) is 8.38. The molecule has 1 aliphatic rings. The predicted molar refractivity (Wildman–Crippen MR) is 62.1 cm³/mol. The molecule has 0 N–H and O–H groups in total. The van der Waals surface area contributed by atoms with E-state index in [2.05, 4.69) is 16.2 Å². The van der Waals surface area contributed by atoms with Crippen LogP contribution in [0.3, 0.4) is 0 Å². The molecule has 2 rings (SSSR count). The first-order valence-corrected chi connectivity index (χ1v) is 5.92. The maximum Gasteiger partial charge on any atom is 0.216 e. The van der Waals surface area contributed by atoms with Crippen molar-refractivity contribution in [2.24, 2.45) is 5.92 Å². The highest BCUT2D eigenvalue weighted by Crippen LogP contribution is 2.20. The summed E-state index contributed by atoms with van der Waals surface area (Å²) in [5.41, 5.74) is 0. The van der Waals surface area contributed by atoms with Crippen LogP contribution in [0.1, 0.15) is 19.3 Å². The van der Waals surface area contributed by atoms with Gasteiger partial charge in [0.05, 0.1) is 6.61 Å². The summed E-state index contributed by atoms with van der Waals surface area (Å²) >= 11 is 0. The second-order valence-corrected chi connectivity index (χ2v) is 4.22. The van der Waals surface area contributed by atoms with Crippen molar-refractivity contribution in [1.82, 2.24) is 14.9 Å². The quantitative estimate of drug-likeness (QED) is 0.735. The predicted octanol–water partition coefficient (Wildman–Crippen LogP) is 1.44. The molecule has 0 bridgehead atoms. The van der Waals surface area contributed by atoms with Gasteiger partial charge < -0.3 is 9.64 Å². The SMILES string of the molecule is N#CN1CCC(CCOc2ccncn2)CC1. The molecule has 0 aromatic carbocycles. The Morgan fingerprint density at radius 3 is 2.94 bits per heavy atom. The van der Waals surface area contributed by atoms with Crippen LogP contribution in [0.15, 0.2) is 18.6 Å². The minimum absolute atomic E-state index is 0.634. The Bertz CT molecular complexity index is 368. The van der Waals surface area contributed by atoms with Crippen molar-refractivity contribution in [1.29, 1.82) is 5.26 Å². The normalized spacial score (nSPS) is 16.5. The van der Waals surface area contributed by atoms with Gasteiger partial charge in [-0.3, -0.25) is 0 Å². The molecule has 5 heteroatoms. The number of nitriles is 1. The molecular formula is C12H16N4O. The summed E-state index contributed by atoms with van der Waals surface area (Å²) in [6.07, 6.45) is 8.55. The molecular weight excluding hydrogens is 216 g/mol. The molecule has 0 spiro atoms. The highest BCUT2D eigenvalue weighted by Gasteiger charge is 2.17. The van der Waals surface area contributed by atoms with E-state index in [9.17, 15) is 0 Å². The number of ether oxygens (including phenoxy) is 1. The Hall–Kier alpha value is -1.83. The maximum atomic E-state index is 8.74. The number of likely N-dealkylation sites (tertiary alicyclic amines) is 1. The molecule has 1 aromatic rings. The fourth-order valence-electron chi connectivity index (χ4n) is 2.02. The van der Waals surface area contributed by atoms with Gasteiger partial charge in [-0.2, -0.15) is 5.26 Å². The lowest BCUT2D eigenvalue weighted by atomic mass is 9.94. The van der Waals surface area contributed by atoms with Crippen molar-refractivity contribution >= 4 is 0 Å². The topological polar surface area (TPSA) is 62.0 Å². The third kappa shape index (κ3) is 3.59. The van der Waals surface area contributed by atoms with Crippen LogP contribution >= 0.6 is 0 Å². The Balaban J connectivity index is 1.65. The van der Waals surface area contributed by atoms with Gasteiger partial charge in [0.15, 0.2) is 6.19 Å². The van der Waals surface area contributed by atoms with Crippen LogP contribution in [0.2, 0.25) is 0 Å². The van der Waals surface area contributed by atoms with Gasteiger partial charge >= 0.3 is 0 Å². The maximum absolute atomic E-state index is 8.74. The average molecular weight is 232 g/mol. The number of nitrogens with zero attached hydrogens (tertiary/aromatic N) is 4. The summed E-state index contributed by atoms with van der Waals surface area (Å²) in [5.74, 6) is 1.30. The fraction of sp³-hybridized carbons (Fsp3) is 0.583. The molecule has 90 valence electrons. The first-order valence-electron chi connectivity index (χ1n) is 5.92. The zero-order valence-electron chi connectivity index (χ0n) is 9.75. The molecule has 0 amide bonds. The van der Waals surface area contributed by atoms with Crippen molar-refractivity contribution in [3.05, 3.63) is 18.6 Å². The van der Waals surface area contributed by atoms with Gasteiger partial charge in [-0.1, -0.05) is 0 Å². The lowest BCUT2D eigenvalue weighted by Crippen LogP contribution is -2.30. The van der Waals surface area contributed by atoms with Crippen molar-refractivity contribution in [3.8, 4) is 12.1 Å². The standard InChI is InChI=1S/C12H16N4O/c13-9-16-6-2-11(3-7-16)4-8-17-12-1-5-14-10-15-12/h1,5,10-11H,2-4,6-8H2. The number of rotatable bonds is 4. The summed E-state index contributed by atoms with van der Waals surface area (Å²) in [4.78, 5) is 9.66. The van der Waals surface area contributed by atoms with Crippen molar-refractivity contribution in [3.63, 3.8) is 0 Å². The van der Waals surface area contributed by atoms with Crippen LogP contribution in [-0.4, -0.2) is 34.6 Å². The van der Waals surface area contributed by atoms with Crippen molar-refractivity contribution < 1.29 is 4.74 Å². The zero-order chi connectivity index (χ0) is 11.9. The summed E-state index contributed by atoms with van der Waals surface area (Å²) in [6, 6.07) is 1.76. The monoisotopic (exact) mass is 232 g/mol. The Kier molecular flexibility index (Phi) is 4.14. The molecule has 0 saturated carbocycles. The molecule has 1 aliphatic heterocycles. The van der Waals surface area contributed by atoms with Gasteiger partial charge in [0.1, 0.15) is 6.33 Å². The lowest BCUT2D eigenvalue weighted by Gasteiger charge is -2.27. The number of aromatic nitrogens is 2. The highest BCUT2D eigenvalue weighted by atomic mass is 16.5. The number of hydrogen-bond donors (Lipinski definition) is 0. The van der Waals surface area contributed by atoms with Crippen LogP contribution < -0.4 is 4.74 Å². The molecule has 5 nitrogen and oxygen atoms in total. The molecule has 0 radical (unpaired) electrons. The van der Waals surface area contributed by atoms with E-state index in [1.54, 1.807) is 12.3 Å². The first kappa shape index (κ1) is 11.6. The van der Waals surface area contributed by atoms with Gasteiger partial charge in [0.25, 0.3) is 0 Å². The summed E-state index contributed by atoms with van der Waals surface area (Å²) in [5, 5.41) is 8.74. The molecule has 1 aromatic heterocycles. The van der Waals surface area contributed by atoms with Crippen LogP contribution in [0.4, 0.5) is 0 Å². The molecule has 0 atom stereocenters. The van der Waals surface area contributed by atoms with E-state index in [4.69, 9.17) is 10.00 Å². The van der Waals surface area contributed by atoms with E-state index in [0.717, 1.165) is 32.4 Å². The van der Waals surface area contributed by atoms with Gasteiger partial charge in [-0.25, -0.2) is 9.97 Å². The van der Waals surface area contributed by atoms with E-state index in [1.807, 2.05) is 4.90 Å². The van der Waals surface area contributed by atoms with Crippen molar-refractivity contribution in [2.45, 2.75) is 19.3 Å². The molecule has 1 saturated heterocycles. The second kappa shape index (κ2) is 6.04. The van der Waals surface area contributed by atoms with Crippen LogP contribution in [0.5, 0.6) is 5.88 Å². The summed E-state index contributed by atoms with van der Waals surface area (Å²) < 4.78 is 5.53. The van der Waals surface area contributed by atoms with Crippen LogP contribution in [0.25, 0.3) is 0 Å². The Morgan fingerprint density at radius 1 is 1.47 bits per heavy atom. The Morgan fingerprint density at radius 2 is 2.29 bits per heavy atom. The zero-order valence-corrected chi connectivity index (χ0v) is 9.75. The minimum Gasteiger partial charge on any atom is -0.478 e. The largest absolute Gasteiger partial charge is 0.478 e. The lowest BCUT2D eigenvalue weighted by molar-refractivity contribution is 0.204. The smallest absolute Gasteiger partial charge is 0.216 e. The van der Waals surface area contributed by atoms with Gasteiger partial charge in [-0.05, 0) is 25.2 Å². The average Bonchev–Trinajstić information content (AvgIpc) is 2.41. The molecule has 0 unspecified atom stereocenters. The highest BCUT2D eigenvalue weighted by molar-refractivity contribution is 5.04. The van der Waals surface area contributed by atoms with Crippen LogP contribution in [-0.2, 0) is 0 Å². The number of piperidine rings is 1. The molecule has 2 heterocycles. The van der Waals surface area contributed by atoms with Gasteiger partial charge in [-0.15, -0.1) is 0 Å². The molecule has 1 fully saturated rings. The van der Waals surface area contributed by atoms with Crippen LogP contribution in [0, 0.1) is 17.4 Å². The molecule has 0 aliphatic carbocycles. The van der Waals surface area contributed by atoms with E-state index in [0.29, 0.717) is 18.4 Å². The summed E-state index contributed by atoms with van der Waals surface area (Å²) in [6.45, 7) is 2.46. The Labute approximate surface area is 101 Å². The number of hydrogen-bond acceptors (Lipinski definition) is 5. The van der Waals surface area contributed by atoms with Gasteiger partial charge in [0.2, 0.25) is 5.88 Å². The second-order valence-electron chi connectivity index (χ2n) is 4.22. The van der Waals surface area contributed by atoms with Gasteiger partial charge in [0, 0.05) is 25.4 Å². The van der Waals surface area contributed by atoms with E-state index < -0.39 is 0 Å².